The lowest BCUT2D eigenvalue weighted by molar-refractivity contribution is -0.134. The molecule has 2 heterocycles. The van der Waals surface area contributed by atoms with E-state index in [1.54, 1.807) is 18.2 Å². The second kappa shape index (κ2) is 10.7. The topological polar surface area (TPSA) is 48.4 Å². The van der Waals surface area contributed by atoms with Crippen molar-refractivity contribution in [2.45, 2.75) is 26.3 Å². The van der Waals surface area contributed by atoms with Gasteiger partial charge in [-0.25, -0.2) is 9.40 Å². The van der Waals surface area contributed by atoms with Crippen LogP contribution in [0, 0.1) is 19.7 Å². The number of carbonyl (C=O) groups is 1. The van der Waals surface area contributed by atoms with Gasteiger partial charge >= 0.3 is 0 Å². The third-order valence-electron chi connectivity index (χ3n) is 7.29. The predicted octanol–water partition coefficient (Wildman–Crippen LogP) is 4.95. The summed E-state index contributed by atoms with van der Waals surface area (Å²) in [6.45, 7) is 7.11. The average molecular weight is 501 g/mol. The van der Waals surface area contributed by atoms with Crippen LogP contribution in [0.3, 0.4) is 0 Å². The summed E-state index contributed by atoms with van der Waals surface area (Å²) in [7, 11) is 1.65. The van der Waals surface area contributed by atoms with Crippen LogP contribution in [-0.4, -0.2) is 61.4 Å². The summed E-state index contributed by atoms with van der Waals surface area (Å²) in [5.74, 6) is 0.494. The Balaban J connectivity index is 1.36. The van der Waals surface area contributed by atoms with Crippen LogP contribution < -0.4 is 9.64 Å². The summed E-state index contributed by atoms with van der Waals surface area (Å²) < 4.78 is 19.9. The van der Waals surface area contributed by atoms with E-state index in [0.717, 1.165) is 33.7 Å². The molecule has 2 aliphatic rings. The molecule has 0 aromatic heterocycles. The largest absolute Gasteiger partial charge is 0.496 e. The van der Waals surface area contributed by atoms with Gasteiger partial charge in [0.2, 0.25) is 0 Å². The first-order chi connectivity index (χ1) is 17.9. The monoisotopic (exact) mass is 500 g/mol. The van der Waals surface area contributed by atoms with Crippen molar-refractivity contribution in [1.29, 1.82) is 0 Å². The zero-order valence-electron chi connectivity index (χ0n) is 21.7. The minimum absolute atomic E-state index is 0.0458. The summed E-state index contributed by atoms with van der Waals surface area (Å²) in [6, 6.07) is 20.8. The molecule has 192 valence electrons. The maximum absolute atomic E-state index is 14.2. The van der Waals surface area contributed by atoms with Gasteiger partial charge in [-0.1, -0.05) is 48.0 Å². The predicted molar refractivity (Wildman–Crippen MR) is 145 cm³/mol. The number of rotatable bonds is 6. The molecule has 3 aromatic rings. The molecule has 1 fully saturated rings. The van der Waals surface area contributed by atoms with E-state index in [-0.39, 0.29) is 24.3 Å². The van der Waals surface area contributed by atoms with Gasteiger partial charge in [0, 0.05) is 43.7 Å². The van der Waals surface area contributed by atoms with Crippen molar-refractivity contribution >= 4 is 17.3 Å². The number of ether oxygens (including phenoxy) is 1. The van der Waals surface area contributed by atoms with Gasteiger partial charge < -0.3 is 9.64 Å². The van der Waals surface area contributed by atoms with E-state index in [1.165, 1.54) is 6.07 Å². The molecule has 1 amide bonds. The van der Waals surface area contributed by atoms with Crippen molar-refractivity contribution < 1.29 is 13.9 Å². The first kappa shape index (κ1) is 25.0. The number of nitrogens with zero attached hydrogens (tertiary/aromatic N) is 4. The Morgan fingerprint density at radius 1 is 1.00 bits per heavy atom. The quantitative estimate of drug-likeness (QED) is 0.481. The highest BCUT2D eigenvalue weighted by molar-refractivity contribution is 6.04. The van der Waals surface area contributed by atoms with Crippen LogP contribution in [0.4, 0.5) is 10.1 Å². The third-order valence-corrected chi connectivity index (χ3v) is 7.29. The van der Waals surface area contributed by atoms with E-state index in [0.29, 0.717) is 38.3 Å². The summed E-state index contributed by atoms with van der Waals surface area (Å²) in [4.78, 5) is 17.9. The first-order valence-corrected chi connectivity index (χ1v) is 12.8. The number of halogens is 1. The Morgan fingerprint density at radius 3 is 2.49 bits per heavy atom. The maximum atomic E-state index is 14.2. The average Bonchev–Trinajstić information content (AvgIpc) is 3.36. The van der Waals surface area contributed by atoms with E-state index in [1.807, 2.05) is 41.3 Å². The minimum atomic E-state index is -0.238. The molecule has 1 saturated heterocycles. The second-order valence-corrected chi connectivity index (χ2v) is 9.78. The molecule has 1 atom stereocenters. The van der Waals surface area contributed by atoms with Crippen LogP contribution in [0.15, 0.2) is 71.8 Å². The lowest BCUT2D eigenvalue weighted by Crippen LogP contribution is -2.49. The van der Waals surface area contributed by atoms with Gasteiger partial charge in [0.25, 0.3) is 5.91 Å². The van der Waals surface area contributed by atoms with Crippen LogP contribution in [0.25, 0.3) is 0 Å². The number of methoxy groups -OCH3 is 1. The summed E-state index contributed by atoms with van der Waals surface area (Å²) in [5.41, 5.74) is 5.86. The van der Waals surface area contributed by atoms with Gasteiger partial charge in [-0.15, -0.1) is 0 Å². The van der Waals surface area contributed by atoms with Crippen LogP contribution >= 0.6 is 0 Å². The SMILES string of the molecule is COc1ccccc1C1CC(c2cc(C)ccc2C)=NN1C(=O)CN1CCN(c2ccccc2F)CC1. The fourth-order valence-corrected chi connectivity index (χ4v) is 5.25. The summed E-state index contributed by atoms with van der Waals surface area (Å²) in [5, 5.41) is 6.54. The van der Waals surface area contributed by atoms with Crippen molar-refractivity contribution in [3.63, 3.8) is 0 Å². The van der Waals surface area contributed by atoms with Crippen molar-refractivity contribution in [3.05, 3.63) is 94.8 Å². The molecule has 1 unspecified atom stereocenters. The number of para-hydroxylation sites is 2. The number of hydrogen-bond donors (Lipinski definition) is 0. The van der Waals surface area contributed by atoms with Crippen molar-refractivity contribution in [2.24, 2.45) is 5.10 Å². The van der Waals surface area contributed by atoms with Crippen molar-refractivity contribution in [1.82, 2.24) is 9.91 Å². The highest BCUT2D eigenvalue weighted by atomic mass is 19.1. The molecule has 7 heteroatoms. The number of amides is 1. The van der Waals surface area contributed by atoms with Gasteiger partial charge in [0.05, 0.1) is 31.1 Å². The molecule has 3 aromatic carbocycles. The lowest BCUT2D eigenvalue weighted by atomic mass is 9.94. The van der Waals surface area contributed by atoms with Crippen molar-refractivity contribution in [2.75, 3.05) is 44.7 Å². The van der Waals surface area contributed by atoms with E-state index in [9.17, 15) is 9.18 Å². The standard InChI is InChI=1S/C30H33FN4O2/c1-21-12-13-22(2)24(18-21)26-19-28(23-8-4-7-11-29(23)37-3)35(32-26)30(36)20-33-14-16-34(17-15-33)27-10-6-5-9-25(27)31/h4-13,18,28H,14-17,19-20H2,1-3H3. The number of aryl methyl sites for hydroxylation is 2. The fourth-order valence-electron chi connectivity index (χ4n) is 5.25. The minimum Gasteiger partial charge on any atom is -0.496 e. The Morgan fingerprint density at radius 2 is 1.73 bits per heavy atom. The zero-order chi connectivity index (χ0) is 25.9. The number of benzene rings is 3. The number of piperazine rings is 1. The highest BCUT2D eigenvalue weighted by Gasteiger charge is 2.36. The fraction of sp³-hybridized carbons (Fsp3) is 0.333. The molecule has 0 bridgehead atoms. The Bertz CT molecular complexity index is 1320. The van der Waals surface area contributed by atoms with Crippen molar-refractivity contribution in [3.8, 4) is 5.75 Å². The second-order valence-electron chi connectivity index (χ2n) is 9.78. The number of anilines is 1. The van der Waals surface area contributed by atoms with Gasteiger partial charge in [-0.2, -0.15) is 5.10 Å². The first-order valence-electron chi connectivity index (χ1n) is 12.8. The van der Waals surface area contributed by atoms with E-state index in [4.69, 9.17) is 9.84 Å². The van der Waals surface area contributed by atoms with E-state index < -0.39 is 0 Å². The van der Waals surface area contributed by atoms with Gasteiger partial charge in [-0.3, -0.25) is 9.69 Å². The van der Waals surface area contributed by atoms with Gasteiger partial charge in [0.1, 0.15) is 11.6 Å². The molecule has 0 radical (unpaired) electrons. The Hall–Kier alpha value is -3.71. The van der Waals surface area contributed by atoms with Crippen LogP contribution in [0.5, 0.6) is 5.75 Å². The molecular weight excluding hydrogens is 467 g/mol. The van der Waals surface area contributed by atoms with E-state index >= 15 is 0 Å². The molecule has 0 spiro atoms. The van der Waals surface area contributed by atoms with Crippen LogP contribution in [0.1, 0.15) is 34.7 Å². The van der Waals surface area contributed by atoms with Gasteiger partial charge in [-0.05, 0) is 43.7 Å². The Kier molecular flexibility index (Phi) is 7.24. The molecule has 2 aliphatic heterocycles. The normalized spacial score (nSPS) is 18.2. The number of hydrogen-bond acceptors (Lipinski definition) is 5. The molecule has 37 heavy (non-hydrogen) atoms. The van der Waals surface area contributed by atoms with Gasteiger partial charge in [0.15, 0.2) is 0 Å². The molecule has 6 nitrogen and oxygen atoms in total. The number of hydrazone groups is 1. The van der Waals surface area contributed by atoms with Crippen LogP contribution in [0.2, 0.25) is 0 Å². The van der Waals surface area contributed by atoms with Crippen LogP contribution in [-0.2, 0) is 4.79 Å². The molecular formula is C30H33FN4O2. The van der Waals surface area contributed by atoms with E-state index in [2.05, 4.69) is 36.9 Å². The Labute approximate surface area is 217 Å². The lowest BCUT2D eigenvalue weighted by Gasteiger charge is -2.36. The molecule has 0 N–H and O–H groups in total. The summed E-state index contributed by atoms with van der Waals surface area (Å²) >= 11 is 0. The maximum Gasteiger partial charge on any atom is 0.257 e. The molecule has 0 aliphatic carbocycles. The highest BCUT2D eigenvalue weighted by Crippen LogP contribution is 2.38. The zero-order valence-corrected chi connectivity index (χ0v) is 21.7. The number of carbonyl (C=O) groups excluding carboxylic acids is 1. The summed E-state index contributed by atoms with van der Waals surface area (Å²) in [6.07, 6.45) is 0.622. The molecule has 0 saturated carbocycles. The smallest absolute Gasteiger partial charge is 0.257 e. The molecule has 5 rings (SSSR count). The third kappa shape index (κ3) is 5.23.